The van der Waals surface area contributed by atoms with Crippen LogP contribution in [0.4, 0.5) is 0 Å². The van der Waals surface area contributed by atoms with Gasteiger partial charge in [-0.2, -0.15) is 0 Å². The summed E-state index contributed by atoms with van der Waals surface area (Å²) < 4.78 is 5.89. The number of aliphatic hydroxyl groups excluding tert-OH is 1. The van der Waals surface area contributed by atoms with Crippen molar-refractivity contribution in [1.82, 2.24) is 5.32 Å². The van der Waals surface area contributed by atoms with E-state index in [0.29, 0.717) is 0 Å². The van der Waals surface area contributed by atoms with Crippen LogP contribution in [0.2, 0.25) is 0 Å². The predicted molar refractivity (Wildman–Crippen MR) is 95.2 cm³/mol. The Bertz CT molecular complexity index is 557. The van der Waals surface area contributed by atoms with Crippen molar-refractivity contribution in [3.05, 3.63) is 47.7 Å². The fourth-order valence-electron chi connectivity index (χ4n) is 2.62. The Labute approximate surface area is 139 Å². The Hall–Kier alpha value is -1.58. The molecule has 0 spiro atoms. The van der Waals surface area contributed by atoms with Crippen LogP contribution in [0.15, 0.2) is 40.8 Å². The quantitative estimate of drug-likeness (QED) is 0.602. The van der Waals surface area contributed by atoms with Gasteiger partial charge < -0.3 is 14.8 Å². The fourth-order valence-corrected chi connectivity index (χ4v) is 2.62. The van der Waals surface area contributed by atoms with Crippen molar-refractivity contribution in [1.29, 1.82) is 0 Å². The molecule has 0 aliphatic heterocycles. The second kappa shape index (κ2) is 9.53. The summed E-state index contributed by atoms with van der Waals surface area (Å²) in [4.78, 5) is 0. The first-order chi connectivity index (χ1) is 11.2. The molecule has 0 unspecified atom stereocenters. The van der Waals surface area contributed by atoms with Crippen LogP contribution < -0.4 is 5.32 Å². The zero-order valence-corrected chi connectivity index (χ0v) is 14.3. The highest BCUT2D eigenvalue weighted by molar-refractivity contribution is 5.58. The molecule has 0 fully saturated rings. The van der Waals surface area contributed by atoms with Gasteiger partial charge in [0.2, 0.25) is 0 Å². The van der Waals surface area contributed by atoms with Crippen molar-refractivity contribution < 1.29 is 9.52 Å². The number of hydrogen-bond donors (Lipinski definition) is 2. The van der Waals surface area contributed by atoms with Crippen LogP contribution in [-0.2, 0) is 6.54 Å². The first-order valence-electron chi connectivity index (χ1n) is 8.78. The van der Waals surface area contributed by atoms with Crippen molar-refractivity contribution in [2.75, 3.05) is 6.54 Å². The van der Waals surface area contributed by atoms with E-state index in [9.17, 15) is 5.11 Å². The molecule has 0 saturated carbocycles. The van der Waals surface area contributed by atoms with E-state index in [2.05, 4.69) is 12.2 Å². The average Bonchev–Trinajstić information content (AvgIpc) is 3.03. The lowest BCUT2D eigenvalue weighted by Gasteiger charge is -2.05. The van der Waals surface area contributed by atoms with Crippen molar-refractivity contribution in [2.45, 2.75) is 58.6 Å². The maximum absolute atomic E-state index is 9.55. The van der Waals surface area contributed by atoms with Gasteiger partial charge in [0.25, 0.3) is 0 Å². The second-order valence-electron chi connectivity index (χ2n) is 6.15. The Balaban J connectivity index is 1.77. The summed E-state index contributed by atoms with van der Waals surface area (Å²) in [6.07, 6.45) is 6.08. The van der Waals surface area contributed by atoms with Crippen LogP contribution in [-0.4, -0.2) is 11.7 Å². The maximum atomic E-state index is 9.55. The molecule has 0 bridgehead atoms. The van der Waals surface area contributed by atoms with E-state index in [1.54, 1.807) is 6.92 Å². The lowest BCUT2D eigenvalue weighted by atomic mass is 10.1. The number of unbranched alkanes of at least 4 members (excludes halogenated alkanes) is 4. The second-order valence-corrected chi connectivity index (χ2v) is 6.15. The lowest BCUT2D eigenvalue weighted by Crippen LogP contribution is -2.14. The molecule has 3 nitrogen and oxygen atoms in total. The average molecular weight is 315 g/mol. The standard InChI is InChI=1S/C20H29NO2/c1-3-4-5-6-7-14-21-15-19-12-13-20(23-19)18-10-8-17(9-11-18)16(2)22/h8-13,16,21-22H,3-7,14-15H2,1-2H3/t16-/m0/s1. The van der Waals surface area contributed by atoms with E-state index < -0.39 is 6.10 Å². The lowest BCUT2D eigenvalue weighted by molar-refractivity contribution is 0.199. The van der Waals surface area contributed by atoms with Crippen LogP contribution in [0.1, 0.15) is 63.4 Å². The van der Waals surface area contributed by atoms with Gasteiger partial charge in [0.15, 0.2) is 0 Å². The number of aliphatic hydroxyl groups is 1. The summed E-state index contributed by atoms with van der Waals surface area (Å²) in [5.41, 5.74) is 1.96. The Morgan fingerprint density at radius 3 is 2.43 bits per heavy atom. The fraction of sp³-hybridized carbons (Fsp3) is 0.500. The molecule has 1 heterocycles. The van der Waals surface area contributed by atoms with E-state index in [-0.39, 0.29) is 0 Å². The topological polar surface area (TPSA) is 45.4 Å². The summed E-state index contributed by atoms with van der Waals surface area (Å²) in [5.74, 6) is 1.84. The highest BCUT2D eigenvalue weighted by Crippen LogP contribution is 2.24. The van der Waals surface area contributed by atoms with Gasteiger partial charge in [0.1, 0.15) is 11.5 Å². The summed E-state index contributed by atoms with van der Waals surface area (Å²) in [6.45, 7) is 5.83. The minimum atomic E-state index is -0.433. The molecule has 0 radical (unpaired) electrons. The van der Waals surface area contributed by atoms with E-state index in [0.717, 1.165) is 35.7 Å². The van der Waals surface area contributed by atoms with Gasteiger partial charge in [0.05, 0.1) is 12.6 Å². The molecule has 0 aliphatic carbocycles. The Kier molecular flexibility index (Phi) is 7.37. The van der Waals surface area contributed by atoms with Crippen LogP contribution in [0.5, 0.6) is 0 Å². The van der Waals surface area contributed by atoms with Gasteiger partial charge in [-0.15, -0.1) is 0 Å². The first-order valence-corrected chi connectivity index (χ1v) is 8.78. The van der Waals surface area contributed by atoms with E-state index in [4.69, 9.17) is 4.42 Å². The van der Waals surface area contributed by atoms with Gasteiger partial charge in [-0.1, -0.05) is 56.9 Å². The molecule has 3 heteroatoms. The minimum Gasteiger partial charge on any atom is -0.460 e. The molecule has 2 N–H and O–H groups in total. The smallest absolute Gasteiger partial charge is 0.134 e. The molecule has 2 rings (SSSR count). The third kappa shape index (κ3) is 5.85. The third-order valence-electron chi connectivity index (χ3n) is 4.10. The number of hydrogen-bond acceptors (Lipinski definition) is 3. The zero-order chi connectivity index (χ0) is 16.5. The van der Waals surface area contributed by atoms with Crippen molar-refractivity contribution >= 4 is 0 Å². The summed E-state index contributed by atoms with van der Waals surface area (Å²) in [7, 11) is 0. The molecular weight excluding hydrogens is 286 g/mol. The van der Waals surface area contributed by atoms with Gasteiger partial charge in [-0.3, -0.25) is 0 Å². The largest absolute Gasteiger partial charge is 0.460 e. The molecule has 126 valence electrons. The molecule has 23 heavy (non-hydrogen) atoms. The SMILES string of the molecule is CCCCCCCNCc1ccc(-c2ccc([C@H](C)O)cc2)o1. The van der Waals surface area contributed by atoms with Crippen molar-refractivity contribution in [3.8, 4) is 11.3 Å². The van der Waals surface area contributed by atoms with Crippen molar-refractivity contribution in [3.63, 3.8) is 0 Å². The van der Waals surface area contributed by atoms with Crippen LogP contribution in [0, 0.1) is 0 Å². The molecule has 0 saturated heterocycles. The van der Waals surface area contributed by atoms with E-state index >= 15 is 0 Å². The van der Waals surface area contributed by atoms with Crippen molar-refractivity contribution in [2.24, 2.45) is 0 Å². The Morgan fingerprint density at radius 1 is 1.00 bits per heavy atom. The molecule has 1 aromatic heterocycles. The van der Waals surface area contributed by atoms with Gasteiger partial charge in [-0.25, -0.2) is 0 Å². The highest BCUT2D eigenvalue weighted by atomic mass is 16.3. The van der Waals surface area contributed by atoms with Gasteiger partial charge in [0, 0.05) is 5.56 Å². The third-order valence-corrected chi connectivity index (χ3v) is 4.10. The minimum absolute atomic E-state index is 0.433. The predicted octanol–water partition coefficient (Wildman–Crippen LogP) is 5.06. The number of rotatable bonds is 10. The molecule has 0 aliphatic rings. The van der Waals surface area contributed by atoms with Crippen LogP contribution >= 0.6 is 0 Å². The summed E-state index contributed by atoms with van der Waals surface area (Å²) in [5, 5.41) is 13.0. The van der Waals surface area contributed by atoms with Gasteiger partial charge in [-0.05, 0) is 37.6 Å². The van der Waals surface area contributed by atoms with E-state index in [1.165, 1.54) is 32.1 Å². The summed E-state index contributed by atoms with van der Waals surface area (Å²) in [6, 6.07) is 11.9. The number of furan rings is 1. The first kappa shape index (κ1) is 17.8. The van der Waals surface area contributed by atoms with Gasteiger partial charge >= 0.3 is 0 Å². The number of nitrogens with one attached hydrogen (secondary N) is 1. The van der Waals surface area contributed by atoms with E-state index in [1.807, 2.05) is 36.4 Å². The molecular formula is C20H29NO2. The molecule has 0 amide bonds. The highest BCUT2D eigenvalue weighted by Gasteiger charge is 2.06. The molecule has 1 atom stereocenters. The maximum Gasteiger partial charge on any atom is 0.134 e. The van der Waals surface area contributed by atoms with Crippen LogP contribution in [0.3, 0.4) is 0 Å². The molecule has 1 aromatic carbocycles. The summed E-state index contributed by atoms with van der Waals surface area (Å²) >= 11 is 0. The zero-order valence-electron chi connectivity index (χ0n) is 14.3. The normalized spacial score (nSPS) is 12.5. The van der Waals surface area contributed by atoms with Crippen LogP contribution in [0.25, 0.3) is 11.3 Å². The molecule has 2 aromatic rings. The Morgan fingerprint density at radius 2 is 1.74 bits per heavy atom. The monoisotopic (exact) mass is 315 g/mol. The number of benzene rings is 1.